The van der Waals surface area contributed by atoms with Gasteiger partial charge in [0.1, 0.15) is 0 Å². The summed E-state index contributed by atoms with van der Waals surface area (Å²) in [4.78, 5) is 4.78. The van der Waals surface area contributed by atoms with Gasteiger partial charge in [0.15, 0.2) is 0 Å². The van der Waals surface area contributed by atoms with Gasteiger partial charge in [0.2, 0.25) is 0 Å². The fourth-order valence-electron chi connectivity index (χ4n) is 4.96. The molecule has 5 rings (SSSR count). The van der Waals surface area contributed by atoms with Crippen molar-refractivity contribution < 1.29 is 13.2 Å². The van der Waals surface area contributed by atoms with Crippen LogP contribution in [0.25, 0.3) is 21.8 Å². The van der Waals surface area contributed by atoms with Gasteiger partial charge in [-0.3, -0.25) is 9.80 Å². The molecule has 6 heteroatoms. The van der Waals surface area contributed by atoms with Crippen LogP contribution < -0.4 is 0 Å². The van der Waals surface area contributed by atoms with Gasteiger partial charge < -0.3 is 4.57 Å². The summed E-state index contributed by atoms with van der Waals surface area (Å²) in [5, 5.41) is 2.61. The molecule has 2 heterocycles. The molecule has 33 heavy (non-hydrogen) atoms. The Bertz CT molecular complexity index is 1250. The first-order valence-electron chi connectivity index (χ1n) is 11.5. The Labute approximate surface area is 192 Å². The van der Waals surface area contributed by atoms with Gasteiger partial charge in [0.25, 0.3) is 0 Å². The number of para-hydroxylation sites is 1. The van der Waals surface area contributed by atoms with Crippen molar-refractivity contribution in [3.63, 3.8) is 0 Å². The Morgan fingerprint density at radius 2 is 1.27 bits per heavy atom. The summed E-state index contributed by atoms with van der Waals surface area (Å²) in [6.45, 7) is 8.47. The number of aromatic nitrogens is 1. The lowest BCUT2D eigenvalue weighted by Gasteiger charge is -2.34. The number of rotatable bonds is 5. The van der Waals surface area contributed by atoms with Crippen molar-refractivity contribution in [3.05, 3.63) is 83.4 Å². The average molecular weight is 452 g/mol. The molecule has 0 radical (unpaired) electrons. The van der Waals surface area contributed by atoms with Crippen LogP contribution in [0.3, 0.4) is 0 Å². The molecule has 0 bridgehead atoms. The van der Waals surface area contributed by atoms with Gasteiger partial charge >= 0.3 is 6.18 Å². The van der Waals surface area contributed by atoms with Crippen LogP contribution in [-0.2, 0) is 25.8 Å². The van der Waals surface area contributed by atoms with E-state index in [0.29, 0.717) is 6.54 Å². The highest BCUT2D eigenvalue weighted by atomic mass is 19.4. The lowest BCUT2D eigenvalue weighted by atomic mass is 10.1. The summed E-state index contributed by atoms with van der Waals surface area (Å²) in [5.41, 5.74) is 4.22. The van der Waals surface area contributed by atoms with Gasteiger partial charge in [-0.1, -0.05) is 36.4 Å². The molecule has 1 aromatic heterocycles. The number of halogens is 3. The van der Waals surface area contributed by atoms with Crippen LogP contribution >= 0.6 is 0 Å². The van der Waals surface area contributed by atoms with Crippen molar-refractivity contribution in [1.82, 2.24) is 14.4 Å². The molecule has 0 spiro atoms. The highest BCUT2D eigenvalue weighted by Crippen LogP contribution is 2.31. The number of hydrogen-bond donors (Lipinski definition) is 0. The van der Waals surface area contributed by atoms with Crippen molar-refractivity contribution in [1.29, 1.82) is 0 Å². The summed E-state index contributed by atoms with van der Waals surface area (Å²) < 4.78 is 40.7. The fourth-order valence-corrected chi connectivity index (χ4v) is 4.96. The zero-order chi connectivity index (χ0) is 23.0. The smallest absolute Gasteiger partial charge is 0.341 e. The molecular weight excluding hydrogens is 423 g/mol. The molecule has 1 fully saturated rings. The van der Waals surface area contributed by atoms with Crippen LogP contribution in [-0.4, -0.2) is 40.5 Å². The van der Waals surface area contributed by atoms with Crippen molar-refractivity contribution in [2.75, 3.05) is 26.2 Å². The Kier molecular flexibility index (Phi) is 5.89. The molecule has 3 aromatic carbocycles. The van der Waals surface area contributed by atoms with E-state index in [1.807, 2.05) is 0 Å². The predicted octanol–water partition coefficient (Wildman–Crippen LogP) is 6.15. The van der Waals surface area contributed by atoms with Gasteiger partial charge in [0, 0.05) is 67.6 Å². The van der Waals surface area contributed by atoms with E-state index in [1.165, 1.54) is 39.5 Å². The number of fused-ring (bicyclic) bond motifs is 3. The molecule has 0 aliphatic carbocycles. The molecular formula is C27H28F3N3. The molecule has 1 aliphatic heterocycles. The minimum Gasteiger partial charge on any atom is -0.341 e. The van der Waals surface area contributed by atoms with Crippen LogP contribution in [0.1, 0.15) is 23.6 Å². The number of aryl methyl sites for hydroxylation is 1. The summed E-state index contributed by atoms with van der Waals surface area (Å²) in [6, 6.07) is 20.9. The molecule has 4 aromatic rings. The number of nitrogens with zero attached hydrogens (tertiary/aromatic N) is 3. The van der Waals surface area contributed by atoms with E-state index in [0.717, 1.165) is 44.8 Å². The normalized spacial score (nSPS) is 16.1. The largest absolute Gasteiger partial charge is 0.416 e. The second kappa shape index (κ2) is 8.84. The zero-order valence-corrected chi connectivity index (χ0v) is 18.8. The van der Waals surface area contributed by atoms with Gasteiger partial charge in [-0.25, -0.2) is 0 Å². The van der Waals surface area contributed by atoms with Crippen LogP contribution in [0.15, 0.2) is 66.7 Å². The number of benzene rings is 3. The summed E-state index contributed by atoms with van der Waals surface area (Å²) in [7, 11) is 0. The molecule has 1 saturated heterocycles. The standard InChI is InChI=1S/C27H28F3N3/c1-2-33-25-6-4-3-5-23(25)24-17-21(9-12-26(24)33)19-32-15-13-31(14-16-32)18-20-7-10-22(11-8-20)27(28,29)30/h3-12,17H,2,13-16,18-19H2,1H3. The highest BCUT2D eigenvalue weighted by molar-refractivity contribution is 6.08. The first kappa shape index (κ1) is 22.0. The van der Waals surface area contributed by atoms with Crippen molar-refractivity contribution in [3.8, 4) is 0 Å². The van der Waals surface area contributed by atoms with E-state index in [-0.39, 0.29) is 0 Å². The minimum atomic E-state index is -4.28. The van der Waals surface area contributed by atoms with Crippen LogP contribution in [0.5, 0.6) is 0 Å². The number of piperazine rings is 1. The second-order valence-corrected chi connectivity index (χ2v) is 8.86. The number of alkyl halides is 3. The van der Waals surface area contributed by atoms with E-state index in [4.69, 9.17) is 0 Å². The van der Waals surface area contributed by atoms with Crippen molar-refractivity contribution in [2.24, 2.45) is 0 Å². The van der Waals surface area contributed by atoms with Gasteiger partial charge in [0.05, 0.1) is 5.56 Å². The predicted molar refractivity (Wildman–Crippen MR) is 127 cm³/mol. The Balaban J connectivity index is 1.23. The Hall–Kier alpha value is -2.83. The first-order valence-corrected chi connectivity index (χ1v) is 11.5. The van der Waals surface area contributed by atoms with Crippen molar-refractivity contribution >= 4 is 21.8 Å². The summed E-state index contributed by atoms with van der Waals surface area (Å²) in [6.07, 6.45) is -4.28. The van der Waals surface area contributed by atoms with Crippen molar-refractivity contribution in [2.45, 2.75) is 32.7 Å². The maximum absolute atomic E-state index is 12.8. The summed E-state index contributed by atoms with van der Waals surface area (Å²) >= 11 is 0. The molecule has 3 nitrogen and oxygen atoms in total. The Morgan fingerprint density at radius 1 is 0.697 bits per heavy atom. The number of hydrogen-bond acceptors (Lipinski definition) is 2. The molecule has 0 amide bonds. The summed E-state index contributed by atoms with van der Waals surface area (Å²) in [5.74, 6) is 0. The SMILES string of the molecule is CCn1c2ccccc2c2cc(CN3CCN(Cc4ccc(C(F)(F)F)cc4)CC3)ccc21. The Morgan fingerprint density at radius 3 is 1.91 bits per heavy atom. The second-order valence-electron chi connectivity index (χ2n) is 8.86. The van der Waals surface area contributed by atoms with Crippen LogP contribution in [0.2, 0.25) is 0 Å². The third-order valence-corrected chi connectivity index (χ3v) is 6.71. The molecule has 0 saturated carbocycles. The molecule has 0 unspecified atom stereocenters. The minimum absolute atomic E-state index is 0.588. The van der Waals surface area contributed by atoms with E-state index in [2.05, 4.69) is 63.8 Å². The van der Waals surface area contributed by atoms with Crippen LogP contribution in [0, 0.1) is 0 Å². The van der Waals surface area contributed by atoms with E-state index < -0.39 is 11.7 Å². The van der Waals surface area contributed by atoms with Gasteiger partial charge in [-0.15, -0.1) is 0 Å². The highest BCUT2D eigenvalue weighted by Gasteiger charge is 2.30. The lowest BCUT2D eigenvalue weighted by molar-refractivity contribution is -0.137. The van der Waals surface area contributed by atoms with E-state index in [9.17, 15) is 13.2 Å². The monoisotopic (exact) mass is 451 g/mol. The molecule has 0 N–H and O–H groups in total. The zero-order valence-electron chi connectivity index (χ0n) is 18.8. The lowest BCUT2D eigenvalue weighted by Crippen LogP contribution is -2.45. The molecule has 172 valence electrons. The fraction of sp³-hybridized carbons (Fsp3) is 0.333. The van der Waals surface area contributed by atoms with E-state index in [1.54, 1.807) is 12.1 Å². The first-order chi connectivity index (χ1) is 15.9. The maximum Gasteiger partial charge on any atom is 0.416 e. The maximum atomic E-state index is 12.8. The quantitative estimate of drug-likeness (QED) is 0.361. The molecule has 0 atom stereocenters. The third-order valence-electron chi connectivity index (χ3n) is 6.71. The van der Waals surface area contributed by atoms with E-state index >= 15 is 0 Å². The van der Waals surface area contributed by atoms with Gasteiger partial charge in [-0.05, 0) is 48.4 Å². The average Bonchev–Trinajstić information content (AvgIpc) is 3.13. The van der Waals surface area contributed by atoms with Crippen LogP contribution in [0.4, 0.5) is 13.2 Å². The molecule has 1 aliphatic rings. The van der Waals surface area contributed by atoms with Gasteiger partial charge in [-0.2, -0.15) is 13.2 Å². The topological polar surface area (TPSA) is 11.4 Å². The third kappa shape index (κ3) is 4.50.